The molecule has 1 N–H and O–H groups in total. The van der Waals surface area contributed by atoms with Crippen molar-refractivity contribution in [2.24, 2.45) is 11.1 Å². The number of rotatable bonds is 11. The van der Waals surface area contributed by atoms with Gasteiger partial charge in [0.1, 0.15) is 6.10 Å². The highest BCUT2D eigenvalue weighted by Gasteiger charge is 2.25. The Hall–Kier alpha value is -1.92. The molecule has 0 saturated carbocycles. The molecule has 2 atom stereocenters. The van der Waals surface area contributed by atoms with Gasteiger partial charge in [0.15, 0.2) is 0 Å². The van der Waals surface area contributed by atoms with Crippen LogP contribution in [0.4, 0.5) is 0 Å². The van der Waals surface area contributed by atoms with Gasteiger partial charge in [-0.2, -0.15) is 0 Å². The van der Waals surface area contributed by atoms with Gasteiger partial charge >= 0.3 is 0 Å². The second kappa shape index (κ2) is 11.5. The van der Waals surface area contributed by atoms with Gasteiger partial charge < -0.3 is 14.7 Å². The summed E-state index contributed by atoms with van der Waals surface area (Å²) < 4.78 is 5.62. The lowest BCUT2D eigenvalue weighted by Crippen LogP contribution is -2.39. The van der Waals surface area contributed by atoms with Gasteiger partial charge in [0.05, 0.1) is 18.4 Å². The molecule has 0 aliphatic carbocycles. The Bertz CT molecular complexity index is 796. The van der Waals surface area contributed by atoms with Crippen molar-refractivity contribution < 1.29 is 14.7 Å². The van der Waals surface area contributed by atoms with E-state index in [1.807, 2.05) is 42.5 Å². The van der Waals surface area contributed by atoms with Crippen LogP contribution in [-0.4, -0.2) is 54.2 Å². The predicted molar refractivity (Wildman–Crippen MR) is 121 cm³/mol. The number of hydrogen-bond acceptors (Lipinski definition) is 5. The minimum absolute atomic E-state index is 0.0526. The smallest absolute Gasteiger partial charge is 0.145 e. The van der Waals surface area contributed by atoms with Gasteiger partial charge in [-0.05, 0) is 29.2 Å². The van der Waals surface area contributed by atoms with Crippen LogP contribution in [-0.2, 0) is 16.1 Å². The standard InChI is InChI=1S/C24H31ClN2O3/c1-18(2)16-29-17-22(28)14-27(13-19-6-4-3-5-7-19)15-23-12-24(26-30-23)20-8-10-21(25)11-9-20/h3-11,18,22-23,28H,12-17H2,1-2H3/t22-,23+/m0/s1. The molecule has 30 heavy (non-hydrogen) atoms. The minimum Gasteiger partial charge on any atom is -0.390 e. The number of halogens is 1. The summed E-state index contributed by atoms with van der Waals surface area (Å²) in [5.41, 5.74) is 3.15. The fraction of sp³-hybridized carbons (Fsp3) is 0.458. The van der Waals surface area contributed by atoms with E-state index in [2.05, 4.69) is 36.0 Å². The van der Waals surface area contributed by atoms with Gasteiger partial charge in [0.2, 0.25) is 0 Å². The van der Waals surface area contributed by atoms with Crippen LogP contribution < -0.4 is 0 Å². The third-order valence-corrected chi connectivity index (χ3v) is 5.10. The summed E-state index contributed by atoms with van der Waals surface area (Å²) in [5.74, 6) is 0.452. The molecule has 162 valence electrons. The van der Waals surface area contributed by atoms with Gasteiger partial charge in [-0.1, -0.05) is 73.1 Å². The summed E-state index contributed by atoms with van der Waals surface area (Å²) in [7, 11) is 0. The molecular formula is C24H31ClN2O3. The van der Waals surface area contributed by atoms with Crippen LogP contribution in [0, 0.1) is 5.92 Å². The number of benzene rings is 2. The molecule has 0 unspecified atom stereocenters. The molecule has 2 aromatic rings. The highest BCUT2D eigenvalue weighted by molar-refractivity contribution is 6.30. The topological polar surface area (TPSA) is 54.3 Å². The van der Waals surface area contributed by atoms with E-state index in [0.717, 1.165) is 24.2 Å². The SMILES string of the molecule is CC(C)COC[C@@H](O)CN(Cc1ccccc1)C[C@H]1CC(c2ccc(Cl)cc2)=NO1. The number of ether oxygens (including phenoxy) is 1. The molecule has 0 bridgehead atoms. The second-order valence-electron chi connectivity index (χ2n) is 8.24. The lowest BCUT2D eigenvalue weighted by Gasteiger charge is -2.27. The van der Waals surface area contributed by atoms with Crippen LogP contribution in [0.1, 0.15) is 31.4 Å². The van der Waals surface area contributed by atoms with E-state index in [1.54, 1.807) is 0 Å². The summed E-state index contributed by atoms with van der Waals surface area (Å²) in [6.07, 6.45) is 0.126. The van der Waals surface area contributed by atoms with Crippen molar-refractivity contribution in [3.8, 4) is 0 Å². The molecule has 1 heterocycles. The molecule has 6 heteroatoms. The zero-order valence-corrected chi connectivity index (χ0v) is 18.5. The minimum atomic E-state index is -0.550. The number of oxime groups is 1. The Morgan fingerprint density at radius 1 is 1.13 bits per heavy atom. The largest absolute Gasteiger partial charge is 0.390 e. The van der Waals surface area contributed by atoms with E-state index in [9.17, 15) is 5.11 Å². The molecule has 0 spiro atoms. The molecule has 0 radical (unpaired) electrons. The van der Waals surface area contributed by atoms with E-state index < -0.39 is 6.10 Å². The fourth-order valence-electron chi connectivity index (χ4n) is 3.46. The van der Waals surface area contributed by atoms with Crippen LogP contribution in [0.15, 0.2) is 59.8 Å². The molecule has 1 aliphatic rings. The van der Waals surface area contributed by atoms with Crippen molar-refractivity contribution in [2.75, 3.05) is 26.3 Å². The number of hydrogen-bond donors (Lipinski definition) is 1. The van der Waals surface area contributed by atoms with Crippen molar-refractivity contribution in [2.45, 2.75) is 39.0 Å². The van der Waals surface area contributed by atoms with Crippen molar-refractivity contribution in [1.29, 1.82) is 0 Å². The fourth-order valence-corrected chi connectivity index (χ4v) is 3.59. The summed E-state index contributed by atoms with van der Waals surface area (Å²) in [4.78, 5) is 7.93. The first-order valence-corrected chi connectivity index (χ1v) is 10.9. The maximum atomic E-state index is 10.5. The Balaban J connectivity index is 1.57. The van der Waals surface area contributed by atoms with Gasteiger partial charge in [0, 0.05) is 37.7 Å². The number of aliphatic hydroxyl groups is 1. The zero-order chi connectivity index (χ0) is 21.3. The summed E-state index contributed by atoms with van der Waals surface area (Å²) in [6, 6.07) is 17.9. The molecule has 1 aliphatic heterocycles. The van der Waals surface area contributed by atoms with Crippen LogP contribution >= 0.6 is 11.6 Å². The quantitative estimate of drug-likeness (QED) is 0.575. The Labute approximate surface area is 184 Å². The Kier molecular flexibility index (Phi) is 8.70. The highest BCUT2D eigenvalue weighted by Crippen LogP contribution is 2.20. The van der Waals surface area contributed by atoms with Crippen LogP contribution in [0.2, 0.25) is 5.02 Å². The molecule has 0 saturated heterocycles. The Morgan fingerprint density at radius 2 is 1.87 bits per heavy atom. The molecule has 3 rings (SSSR count). The lowest BCUT2D eigenvalue weighted by molar-refractivity contribution is -0.00734. The average molecular weight is 431 g/mol. The maximum absolute atomic E-state index is 10.5. The van der Waals surface area contributed by atoms with Crippen molar-refractivity contribution in [3.63, 3.8) is 0 Å². The molecule has 5 nitrogen and oxygen atoms in total. The summed E-state index contributed by atoms with van der Waals surface area (Å²) >= 11 is 5.98. The van der Waals surface area contributed by atoms with Crippen LogP contribution in [0.5, 0.6) is 0 Å². The predicted octanol–water partition coefficient (Wildman–Crippen LogP) is 4.37. The Morgan fingerprint density at radius 3 is 2.57 bits per heavy atom. The lowest BCUT2D eigenvalue weighted by atomic mass is 10.0. The monoisotopic (exact) mass is 430 g/mol. The number of nitrogens with zero attached hydrogens (tertiary/aromatic N) is 2. The van der Waals surface area contributed by atoms with Crippen molar-refractivity contribution >= 4 is 17.3 Å². The first-order valence-electron chi connectivity index (χ1n) is 10.5. The van der Waals surface area contributed by atoms with Crippen LogP contribution in [0.3, 0.4) is 0 Å². The van der Waals surface area contributed by atoms with E-state index in [4.69, 9.17) is 21.2 Å². The first kappa shape index (κ1) is 22.8. The third-order valence-electron chi connectivity index (χ3n) is 4.85. The average Bonchev–Trinajstić information content (AvgIpc) is 3.17. The van der Waals surface area contributed by atoms with Gasteiger partial charge in [-0.25, -0.2) is 0 Å². The van der Waals surface area contributed by atoms with E-state index >= 15 is 0 Å². The van der Waals surface area contributed by atoms with E-state index in [-0.39, 0.29) is 6.10 Å². The van der Waals surface area contributed by atoms with Crippen molar-refractivity contribution in [1.82, 2.24) is 4.90 Å². The highest BCUT2D eigenvalue weighted by atomic mass is 35.5. The first-order chi connectivity index (χ1) is 14.5. The zero-order valence-electron chi connectivity index (χ0n) is 17.7. The molecule has 0 fully saturated rings. The number of aliphatic hydroxyl groups excluding tert-OH is 1. The van der Waals surface area contributed by atoms with Gasteiger partial charge in [-0.3, -0.25) is 4.90 Å². The molecular weight excluding hydrogens is 400 g/mol. The van der Waals surface area contributed by atoms with E-state index in [0.29, 0.717) is 37.2 Å². The maximum Gasteiger partial charge on any atom is 0.145 e. The van der Waals surface area contributed by atoms with Crippen LogP contribution in [0.25, 0.3) is 0 Å². The third kappa shape index (κ3) is 7.40. The summed E-state index contributed by atoms with van der Waals surface area (Å²) in [6.45, 7) is 7.12. The second-order valence-corrected chi connectivity index (χ2v) is 8.68. The van der Waals surface area contributed by atoms with Gasteiger partial charge in [0.25, 0.3) is 0 Å². The van der Waals surface area contributed by atoms with E-state index in [1.165, 1.54) is 5.56 Å². The van der Waals surface area contributed by atoms with Gasteiger partial charge in [-0.15, -0.1) is 0 Å². The normalized spacial score (nSPS) is 17.3. The molecule has 0 amide bonds. The molecule has 0 aromatic heterocycles. The van der Waals surface area contributed by atoms with Crippen molar-refractivity contribution in [3.05, 3.63) is 70.7 Å². The summed E-state index contributed by atoms with van der Waals surface area (Å²) in [5, 5.41) is 15.5. The molecule has 2 aromatic carbocycles.